The van der Waals surface area contributed by atoms with Crippen LogP contribution in [-0.2, 0) is 16.1 Å². The summed E-state index contributed by atoms with van der Waals surface area (Å²) in [7, 11) is 0. The lowest BCUT2D eigenvalue weighted by molar-refractivity contribution is -0.130. The summed E-state index contributed by atoms with van der Waals surface area (Å²) in [5.41, 5.74) is 1.05. The van der Waals surface area contributed by atoms with Crippen molar-refractivity contribution in [3.05, 3.63) is 28.2 Å². The van der Waals surface area contributed by atoms with E-state index in [2.05, 4.69) is 10.00 Å². The van der Waals surface area contributed by atoms with Crippen LogP contribution in [0.5, 0.6) is 0 Å². The molecule has 0 spiro atoms. The van der Waals surface area contributed by atoms with Crippen molar-refractivity contribution >= 4 is 5.91 Å². The summed E-state index contributed by atoms with van der Waals surface area (Å²) in [6.45, 7) is 5.12. The average molecular weight is 360 g/mol. The van der Waals surface area contributed by atoms with E-state index < -0.39 is 0 Å². The van der Waals surface area contributed by atoms with E-state index in [9.17, 15) is 9.59 Å². The number of hydrogen-bond donors (Lipinski definition) is 0. The molecule has 26 heavy (non-hydrogen) atoms. The van der Waals surface area contributed by atoms with Gasteiger partial charge in [-0.25, -0.2) is 4.68 Å². The molecule has 2 saturated heterocycles. The Morgan fingerprint density at radius 2 is 1.96 bits per heavy atom. The predicted molar refractivity (Wildman–Crippen MR) is 97.1 cm³/mol. The van der Waals surface area contributed by atoms with Gasteiger partial charge in [-0.1, -0.05) is 0 Å². The minimum atomic E-state index is -0.0129. The maximum atomic E-state index is 12.2. The fraction of sp³-hybridized carbons (Fsp3) is 0.737. The Labute approximate surface area is 153 Å². The standard InChI is InChI=1S/C19H28N4O3/c24-18-7-12-26-13-11-22(18)10-9-21-8-1-2-16(21)14-23-19(25)6-5-17(20-23)15-3-4-15/h5-6,15-16H,1-4,7-14H2. The molecule has 1 aromatic rings. The maximum absolute atomic E-state index is 12.2. The summed E-state index contributed by atoms with van der Waals surface area (Å²) >= 11 is 0. The van der Waals surface area contributed by atoms with Crippen LogP contribution in [0, 0.1) is 0 Å². The number of amides is 1. The molecule has 142 valence electrons. The molecule has 7 heteroatoms. The maximum Gasteiger partial charge on any atom is 0.266 e. The molecule has 0 aromatic carbocycles. The lowest BCUT2D eigenvalue weighted by Crippen LogP contribution is -2.43. The number of rotatable bonds is 6. The number of carbonyl (C=O) groups excluding carboxylic acids is 1. The Morgan fingerprint density at radius 1 is 1.08 bits per heavy atom. The highest BCUT2D eigenvalue weighted by atomic mass is 16.5. The van der Waals surface area contributed by atoms with Crippen LogP contribution in [0.15, 0.2) is 16.9 Å². The van der Waals surface area contributed by atoms with E-state index in [1.165, 1.54) is 12.8 Å². The largest absolute Gasteiger partial charge is 0.379 e. The Bertz CT molecular complexity index is 700. The monoisotopic (exact) mass is 360 g/mol. The fourth-order valence-corrected chi connectivity index (χ4v) is 3.99. The molecule has 3 heterocycles. The smallest absolute Gasteiger partial charge is 0.266 e. The fourth-order valence-electron chi connectivity index (χ4n) is 3.99. The Kier molecular flexibility index (Phi) is 5.36. The Morgan fingerprint density at radius 3 is 2.81 bits per heavy atom. The van der Waals surface area contributed by atoms with Gasteiger partial charge in [0.15, 0.2) is 0 Å². The van der Waals surface area contributed by atoms with Crippen molar-refractivity contribution in [2.45, 2.75) is 50.6 Å². The first kappa shape index (κ1) is 17.7. The molecule has 1 unspecified atom stereocenters. The Balaban J connectivity index is 1.37. The van der Waals surface area contributed by atoms with Crippen LogP contribution in [-0.4, -0.2) is 70.9 Å². The molecule has 1 atom stereocenters. The van der Waals surface area contributed by atoms with Crippen molar-refractivity contribution in [1.29, 1.82) is 0 Å². The SMILES string of the molecule is O=C1CCOCCN1CCN1CCCC1Cn1nc(C2CC2)ccc1=O. The lowest BCUT2D eigenvalue weighted by atomic mass is 10.2. The van der Waals surface area contributed by atoms with E-state index in [-0.39, 0.29) is 11.5 Å². The van der Waals surface area contributed by atoms with Gasteiger partial charge in [0, 0.05) is 37.7 Å². The highest BCUT2D eigenvalue weighted by Crippen LogP contribution is 2.38. The van der Waals surface area contributed by atoms with Gasteiger partial charge in [0.05, 0.1) is 31.9 Å². The normalized spacial score (nSPS) is 24.8. The summed E-state index contributed by atoms with van der Waals surface area (Å²) in [5.74, 6) is 0.742. The number of aromatic nitrogens is 2. The van der Waals surface area contributed by atoms with E-state index in [4.69, 9.17) is 4.74 Å². The van der Waals surface area contributed by atoms with Crippen molar-refractivity contribution in [3.63, 3.8) is 0 Å². The van der Waals surface area contributed by atoms with E-state index >= 15 is 0 Å². The summed E-state index contributed by atoms with van der Waals surface area (Å²) in [5, 5.41) is 4.60. The second kappa shape index (κ2) is 7.88. The van der Waals surface area contributed by atoms with E-state index in [1.54, 1.807) is 10.7 Å². The predicted octanol–water partition coefficient (Wildman–Crippen LogP) is 0.834. The zero-order valence-corrected chi connectivity index (χ0v) is 15.3. The van der Waals surface area contributed by atoms with Crippen LogP contribution < -0.4 is 5.56 Å². The lowest BCUT2D eigenvalue weighted by Gasteiger charge is -2.28. The second-order valence-electron chi connectivity index (χ2n) is 7.63. The van der Waals surface area contributed by atoms with Gasteiger partial charge in [-0.15, -0.1) is 0 Å². The van der Waals surface area contributed by atoms with Gasteiger partial charge in [-0.05, 0) is 38.3 Å². The van der Waals surface area contributed by atoms with Crippen molar-refractivity contribution < 1.29 is 9.53 Å². The summed E-state index contributed by atoms with van der Waals surface area (Å²) in [6, 6.07) is 3.87. The molecule has 1 aromatic heterocycles. The molecule has 3 aliphatic rings. The minimum Gasteiger partial charge on any atom is -0.379 e. The molecule has 2 aliphatic heterocycles. The first-order chi connectivity index (χ1) is 12.7. The number of carbonyl (C=O) groups is 1. The molecule has 0 N–H and O–H groups in total. The van der Waals surface area contributed by atoms with Crippen LogP contribution in [0.25, 0.3) is 0 Å². The van der Waals surface area contributed by atoms with Gasteiger partial charge < -0.3 is 9.64 Å². The minimum absolute atomic E-state index is 0.0129. The van der Waals surface area contributed by atoms with E-state index in [1.807, 2.05) is 11.0 Å². The van der Waals surface area contributed by atoms with E-state index in [0.717, 1.165) is 38.2 Å². The molecule has 7 nitrogen and oxygen atoms in total. The zero-order chi connectivity index (χ0) is 17.9. The van der Waals surface area contributed by atoms with Crippen molar-refractivity contribution in [2.24, 2.45) is 0 Å². The second-order valence-corrected chi connectivity index (χ2v) is 7.63. The van der Waals surface area contributed by atoms with Gasteiger partial charge >= 0.3 is 0 Å². The highest BCUT2D eigenvalue weighted by molar-refractivity contribution is 5.76. The van der Waals surface area contributed by atoms with Crippen molar-refractivity contribution in [2.75, 3.05) is 39.4 Å². The molecule has 1 amide bonds. The van der Waals surface area contributed by atoms with Crippen LogP contribution in [0.3, 0.4) is 0 Å². The molecule has 3 fully saturated rings. The van der Waals surface area contributed by atoms with Gasteiger partial charge in [0.25, 0.3) is 5.56 Å². The third kappa shape index (κ3) is 4.15. The summed E-state index contributed by atoms with van der Waals surface area (Å²) in [6.07, 6.45) is 5.08. The number of hydrogen-bond acceptors (Lipinski definition) is 5. The molecular weight excluding hydrogens is 332 g/mol. The quantitative estimate of drug-likeness (QED) is 0.752. The first-order valence-corrected chi connectivity index (χ1v) is 9.88. The van der Waals surface area contributed by atoms with Crippen LogP contribution >= 0.6 is 0 Å². The van der Waals surface area contributed by atoms with Gasteiger partial charge in [0.1, 0.15) is 0 Å². The van der Waals surface area contributed by atoms with Crippen LogP contribution in [0.2, 0.25) is 0 Å². The van der Waals surface area contributed by atoms with E-state index in [0.29, 0.717) is 44.7 Å². The van der Waals surface area contributed by atoms with Crippen LogP contribution in [0.1, 0.15) is 43.7 Å². The molecule has 0 bridgehead atoms. The van der Waals surface area contributed by atoms with Gasteiger partial charge in [0.2, 0.25) is 5.91 Å². The van der Waals surface area contributed by atoms with Crippen LogP contribution in [0.4, 0.5) is 0 Å². The number of likely N-dealkylation sites (tertiary alicyclic amines) is 1. The Hall–Kier alpha value is -1.73. The molecule has 1 saturated carbocycles. The molecule has 0 radical (unpaired) electrons. The number of nitrogens with zero attached hydrogens (tertiary/aromatic N) is 4. The molecule has 1 aliphatic carbocycles. The molecule has 4 rings (SSSR count). The average Bonchev–Trinajstić information content (AvgIpc) is 3.42. The third-order valence-corrected chi connectivity index (χ3v) is 5.74. The first-order valence-electron chi connectivity index (χ1n) is 9.88. The summed E-state index contributed by atoms with van der Waals surface area (Å²) < 4.78 is 7.05. The zero-order valence-electron chi connectivity index (χ0n) is 15.3. The van der Waals surface area contributed by atoms with Crippen molar-refractivity contribution in [1.82, 2.24) is 19.6 Å². The summed E-state index contributed by atoms with van der Waals surface area (Å²) in [4.78, 5) is 28.7. The van der Waals surface area contributed by atoms with Crippen molar-refractivity contribution in [3.8, 4) is 0 Å². The number of ether oxygens (including phenoxy) is 1. The van der Waals surface area contributed by atoms with Gasteiger partial charge in [-0.2, -0.15) is 5.10 Å². The van der Waals surface area contributed by atoms with Gasteiger partial charge in [-0.3, -0.25) is 14.5 Å². The topological polar surface area (TPSA) is 67.7 Å². The third-order valence-electron chi connectivity index (χ3n) is 5.74. The molecular formula is C19H28N4O3. The highest BCUT2D eigenvalue weighted by Gasteiger charge is 2.28.